The number of aromatic nitrogens is 2. The molecule has 6 heteroatoms. The van der Waals surface area contributed by atoms with Crippen molar-refractivity contribution in [1.29, 1.82) is 0 Å². The van der Waals surface area contributed by atoms with Gasteiger partial charge in [-0.05, 0) is 19.8 Å². The Kier molecular flexibility index (Phi) is 4.54. The fourth-order valence-corrected chi connectivity index (χ4v) is 2.29. The molecule has 6 nitrogen and oxygen atoms in total. The van der Waals surface area contributed by atoms with Gasteiger partial charge in [0.2, 0.25) is 5.91 Å². The Balaban J connectivity index is 1.83. The summed E-state index contributed by atoms with van der Waals surface area (Å²) < 4.78 is 0. The third-order valence-electron chi connectivity index (χ3n) is 3.41. The van der Waals surface area contributed by atoms with E-state index in [-0.39, 0.29) is 5.91 Å². The van der Waals surface area contributed by atoms with Crippen molar-refractivity contribution in [2.45, 2.75) is 26.2 Å². The number of hydrogen-bond acceptors (Lipinski definition) is 5. The largest absolute Gasteiger partial charge is 0.373 e. The lowest BCUT2D eigenvalue weighted by molar-refractivity contribution is -0.129. The van der Waals surface area contributed by atoms with Crippen LogP contribution in [-0.2, 0) is 4.79 Å². The average molecular weight is 263 g/mol. The molecule has 2 rings (SSSR count). The highest BCUT2D eigenvalue weighted by molar-refractivity contribution is 5.77. The molecule has 2 heterocycles. The van der Waals surface area contributed by atoms with Crippen molar-refractivity contribution >= 4 is 17.5 Å². The fraction of sp³-hybridized carbons (Fsp3) is 0.615. The molecule has 19 heavy (non-hydrogen) atoms. The van der Waals surface area contributed by atoms with Crippen molar-refractivity contribution in [3.63, 3.8) is 0 Å². The predicted molar refractivity (Wildman–Crippen MR) is 75.2 cm³/mol. The van der Waals surface area contributed by atoms with Crippen molar-refractivity contribution in [3.05, 3.63) is 11.9 Å². The first-order valence-electron chi connectivity index (χ1n) is 6.73. The van der Waals surface area contributed by atoms with Crippen molar-refractivity contribution in [2.75, 3.05) is 37.3 Å². The summed E-state index contributed by atoms with van der Waals surface area (Å²) in [5.41, 5.74) is 0.971. The highest BCUT2D eigenvalue weighted by Crippen LogP contribution is 2.17. The molecule has 1 aliphatic rings. The van der Waals surface area contributed by atoms with E-state index in [4.69, 9.17) is 0 Å². The third-order valence-corrected chi connectivity index (χ3v) is 3.41. The first-order chi connectivity index (χ1) is 9.22. The lowest BCUT2D eigenvalue weighted by atomic mass is 10.3. The van der Waals surface area contributed by atoms with E-state index < -0.39 is 0 Å². The second kappa shape index (κ2) is 6.36. The Morgan fingerprint density at radius 3 is 2.68 bits per heavy atom. The van der Waals surface area contributed by atoms with Crippen LogP contribution in [0.2, 0.25) is 0 Å². The Labute approximate surface area is 113 Å². The zero-order valence-electron chi connectivity index (χ0n) is 11.6. The summed E-state index contributed by atoms with van der Waals surface area (Å²) in [7, 11) is 1.83. The van der Waals surface area contributed by atoms with Crippen LogP contribution in [0.1, 0.15) is 24.8 Å². The SMILES string of the molecule is CNc1ncnc(NCCC(=O)N2CCCC2)c1C. The number of carbonyl (C=O) groups is 1. The van der Waals surface area contributed by atoms with Crippen LogP contribution in [0.15, 0.2) is 6.33 Å². The predicted octanol–water partition coefficient (Wildman–Crippen LogP) is 1.25. The van der Waals surface area contributed by atoms with Crippen molar-refractivity contribution in [2.24, 2.45) is 0 Å². The molecule has 1 fully saturated rings. The number of likely N-dealkylation sites (tertiary alicyclic amines) is 1. The maximum atomic E-state index is 11.9. The first-order valence-corrected chi connectivity index (χ1v) is 6.73. The van der Waals surface area contributed by atoms with Gasteiger partial charge in [-0.3, -0.25) is 4.79 Å². The maximum Gasteiger partial charge on any atom is 0.224 e. The van der Waals surface area contributed by atoms with Gasteiger partial charge in [-0.1, -0.05) is 0 Å². The van der Waals surface area contributed by atoms with Crippen LogP contribution in [0.5, 0.6) is 0 Å². The molecule has 0 bridgehead atoms. The molecule has 2 N–H and O–H groups in total. The Morgan fingerprint density at radius 1 is 1.32 bits per heavy atom. The second-order valence-corrected chi connectivity index (χ2v) is 4.71. The van der Waals surface area contributed by atoms with Gasteiger partial charge in [0.05, 0.1) is 0 Å². The van der Waals surface area contributed by atoms with Crippen LogP contribution in [0, 0.1) is 6.92 Å². The molecule has 0 aromatic carbocycles. The fourth-order valence-electron chi connectivity index (χ4n) is 2.29. The molecule has 1 saturated heterocycles. The number of hydrogen-bond donors (Lipinski definition) is 2. The third kappa shape index (κ3) is 3.33. The summed E-state index contributed by atoms with van der Waals surface area (Å²) in [5.74, 6) is 1.82. The van der Waals surface area contributed by atoms with Crippen molar-refractivity contribution < 1.29 is 4.79 Å². The molecule has 1 aliphatic heterocycles. The summed E-state index contributed by atoms with van der Waals surface area (Å²) in [5, 5.41) is 6.22. The molecule has 0 aliphatic carbocycles. The molecule has 1 aromatic rings. The van der Waals surface area contributed by atoms with Crippen LogP contribution in [0.4, 0.5) is 11.6 Å². The van der Waals surface area contributed by atoms with E-state index in [9.17, 15) is 4.79 Å². The molecule has 0 atom stereocenters. The van der Waals surface area contributed by atoms with E-state index >= 15 is 0 Å². The first kappa shape index (κ1) is 13.6. The van der Waals surface area contributed by atoms with Crippen molar-refractivity contribution in [3.8, 4) is 0 Å². The van der Waals surface area contributed by atoms with Gasteiger partial charge in [0.1, 0.15) is 18.0 Å². The number of carbonyl (C=O) groups excluding carboxylic acids is 1. The van der Waals surface area contributed by atoms with E-state index in [1.807, 2.05) is 18.9 Å². The summed E-state index contributed by atoms with van der Waals surface area (Å²) in [6, 6.07) is 0. The van der Waals surface area contributed by atoms with E-state index in [0.717, 1.165) is 43.1 Å². The summed E-state index contributed by atoms with van der Waals surface area (Å²) in [6.07, 6.45) is 4.30. The normalized spacial score (nSPS) is 14.5. The van der Waals surface area contributed by atoms with Crippen LogP contribution < -0.4 is 10.6 Å². The number of amides is 1. The average Bonchev–Trinajstić information content (AvgIpc) is 2.94. The van der Waals surface area contributed by atoms with Gasteiger partial charge in [0.25, 0.3) is 0 Å². The second-order valence-electron chi connectivity index (χ2n) is 4.71. The molecule has 1 aromatic heterocycles. The zero-order valence-corrected chi connectivity index (χ0v) is 11.6. The van der Waals surface area contributed by atoms with E-state index in [1.54, 1.807) is 0 Å². The van der Waals surface area contributed by atoms with Gasteiger partial charge in [-0.15, -0.1) is 0 Å². The highest BCUT2D eigenvalue weighted by Gasteiger charge is 2.17. The van der Waals surface area contributed by atoms with Gasteiger partial charge in [0, 0.05) is 38.7 Å². The van der Waals surface area contributed by atoms with Crippen LogP contribution >= 0.6 is 0 Å². The lowest BCUT2D eigenvalue weighted by Gasteiger charge is -2.16. The standard InChI is InChI=1S/C13H21N5O/c1-10-12(14-2)16-9-17-13(10)15-6-5-11(19)18-7-3-4-8-18/h9H,3-8H2,1-2H3,(H2,14,15,16,17). The number of anilines is 2. The number of rotatable bonds is 5. The maximum absolute atomic E-state index is 11.9. The molecule has 1 amide bonds. The Bertz CT molecular complexity index is 443. The Morgan fingerprint density at radius 2 is 2.00 bits per heavy atom. The lowest BCUT2D eigenvalue weighted by Crippen LogP contribution is -2.29. The molecule has 0 saturated carbocycles. The van der Waals surface area contributed by atoms with Gasteiger partial charge in [-0.2, -0.15) is 0 Å². The van der Waals surface area contributed by atoms with Gasteiger partial charge in [0.15, 0.2) is 0 Å². The van der Waals surface area contributed by atoms with Crippen LogP contribution in [0.25, 0.3) is 0 Å². The molecular formula is C13H21N5O. The van der Waals surface area contributed by atoms with E-state index in [1.165, 1.54) is 6.33 Å². The zero-order chi connectivity index (χ0) is 13.7. The van der Waals surface area contributed by atoms with Crippen LogP contribution in [0.3, 0.4) is 0 Å². The smallest absolute Gasteiger partial charge is 0.224 e. The summed E-state index contributed by atoms with van der Waals surface area (Å²) in [6.45, 7) is 4.39. The molecule has 104 valence electrons. The monoisotopic (exact) mass is 263 g/mol. The minimum absolute atomic E-state index is 0.227. The van der Waals surface area contributed by atoms with E-state index in [2.05, 4.69) is 20.6 Å². The minimum Gasteiger partial charge on any atom is -0.373 e. The van der Waals surface area contributed by atoms with Crippen molar-refractivity contribution in [1.82, 2.24) is 14.9 Å². The number of nitrogens with zero attached hydrogens (tertiary/aromatic N) is 3. The Hall–Kier alpha value is -1.85. The molecule has 0 spiro atoms. The van der Waals surface area contributed by atoms with Gasteiger partial charge >= 0.3 is 0 Å². The summed E-state index contributed by atoms with van der Waals surface area (Å²) >= 11 is 0. The van der Waals surface area contributed by atoms with E-state index in [0.29, 0.717) is 13.0 Å². The van der Waals surface area contributed by atoms with Gasteiger partial charge in [-0.25, -0.2) is 9.97 Å². The van der Waals surface area contributed by atoms with Crippen LogP contribution in [-0.4, -0.2) is 47.5 Å². The minimum atomic E-state index is 0.227. The quantitative estimate of drug-likeness (QED) is 0.836. The molecular weight excluding hydrogens is 242 g/mol. The molecule has 0 unspecified atom stereocenters. The highest BCUT2D eigenvalue weighted by atomic mass is 16.2. The number of nitrogens with one attached hydrogen (secondary N) is 2. The molecule has 0 radical (unpaired) electrons. The summed E-state index contributed by atoms with van der Waals surface area (Å²) in [4.78, 5) is 22.1. The van der Waals surface area contributed by atoms with Gasteiger partial charge < -0.3 is 15.5 Å². The topological polar surface area (TPSA) is 70.1 Å².